The van der Waals surface area contributed by atoms with Gasteiger partial charge in [0.05, 0.1) is 30.7 Å². The van der Waals surface area contributed by atoms with Crippen LogP contribution in [0, 0.1) is 0 Å². The topological polar surface area (TPSA) is 89.4 Å². The maximum Gasteiger partial charge on any atom is 0.338 e. The number of carbonyl (C=O) groups is 3. The van der Waals surface area contributed by atoms with Crippen LogP contribution >= 0.6 is 24.0 Å². The van der Waals surface area contributed by atoms with Gasteiger partial charge in [-0.15, -0.1) is 0 Å². The molecule has 0 bridgehead atoms. The maximum absolute atomic E-state index is 12.5. The van der Waals surface area contributed by atoms with Gasteiger partial charge in [-0.2, -0.15) is 0 Å². The van der Waals surface area contributed by atoms with Gasteiger partial charge in [0.1, 0.15) is 23.9 Å². The molecule has 1 fully saturated rings. The van der Waals surface area contributed by atoms with E-state index in [1.54, 1.807) is 31.4 Å². The van der Waals surface area contributed by atoms with Crippen molar-refractivity contribution in [3.8, 4) is 5.75 Å². The summed E-state index contributed by atoms with van der Waals surface area (Å²) in [5, 5.41) is 2.58. The molecule has 8 nitrogen and oxygen atoms in total. The molecule has 1 saturated heterocycles. The number of hydrogen-bond donors (Lipinski definition) is 2. The number of ether oxygens (including phenoxy) is 2. The molecule has 37 heavy (non-hydrogen) atoms. The van der Waals surface area contributed by atoms with Gasteiger partial charge in [0.25, 0.3) is 5.24 Å². The van der Waals surface area contributed by atoms with E-state index in [4.69, 9.17) is 21.7 Å². The highest BCUT2D eigenvalue weighted by Crippen LogP contribution is 2.33. The lowest BCUT2D eigenvalue weighted by molar-refractivity contribution is -0.896. The average molecular weight is 543 g/mol. The smallest absolute Gasteiger partial charge is 0.338 e. The summed E-state index contributed by atoms with van der Waals surface area (Å²) < 4.78 is 10.5. The van der Waals surface area contributed by atoms with Crippen molar-refractivity contribution < 1.29 is 28.8 Å². The van der Waals surface area contributed by atoms with Gasteiger partial charge in [-0.25, -0.2) is 4.79 Å². The fraction of sp³-hybridized carbons (Fsp3) is 0.333. The number of quaternary nitrogens is 1. The largest absolute Gasteiger partial charge is 0.497 e. The molecule has 2 aromatic rings. The number of likely N-dealkylation sites (N-methyl/N-ethyl adjacent to an activating group) is 1. The number of benzene rings is 2. The molecule has 0 aromatic heterocycles. The highest BCUT2D eigenvalue weighted by molar-refractivity contribution is 8.19. The van der Waals surface area contributed by atoms with E-state index in [1.807, 2.05) is 30.3 Å². The predicted molar refractivity (Wildman–Crippen MR) is 150 cm³/mol. The van der Waals surface area contributed by atoms with Crippen molar-refractivity contribution in [1.29, 1.82) is 0 Å². The van der Waals surface area contributed by atoms with Crippen LogP contribution in [0.15, 0.2) is 53.4 Å². The van der Waals surface area contributed by atoms with Gasteiger partial charge in [-0.1, -0.05) is 24.4 Å². The highest BCUT2D eigenvalue weighted by Gasteiger charge is 2.31. The number of carbonyl (C=O) groups excluding carboxylic acids is 3. The molecular formula is C27H32N3O5S2+. The number of hydrogen-bond acceptors (Lipinski definition) is 7. The van der Waals surface area contributed by atoms with Crippen molar-refractivity contribution in [2.24, 2.45) is 0 Å². The Balaban J connectivity index is 1.47. The van der Waals surface area contributed by atoms with Crippen molar-refractivity contribution in [1.82, 2.24) is 4.90 Å². The molecule has 1 heterocycles. The normalized spacial score (nSPS) is 14.4. The standard InChI is InChI=1S/C27H31N3O5S2/c1-4-29(5-2)16-17-35-26(32)20-8-10-21(11-9-20)28-24(31)14-15-30-25(36)23(37-27(30)33)18-19-6-12-22(34-3)13-7-19/h6-13,18H,4-5,14-17H2,1-3H3,(H,28,31)/p+1/b23-18+. The zero-order valence-electron chi connectivity index (χ0n) is 21.2. The summed E-state index contributed by atoms with van der Waals surface area (Å²) in [6.45, 7) is 7.48. The lowest BCUT2D eigenvalue weighted by Crippen LogP contribution is -3.11. The van der Waals surface area contributed by atoms with Gasteiger partial charge < -0.3 is 19.7 Å². The number of amides is 2. The molecule has 0 spiro atoms. The molecule has 0 atom stereocenters. The SMILES string of the molecule is CC[NH+](CC)CCOC(=O)c1ccc(NC(=O)CCN2C(=O)S/C(=C/c3ccc(OC)cc3)C2=S)cc1. The van der Waals surface area contributed by atoms with Crippen molar-refractivity contribution in [2.75, 3.05) is 45.2 Å². The van der Waals surface area contributed by atoms with E-state index in [0.29, 0.717) is 27.8 Å². The third-order valence-electron chi connectivity index (χ3n) is 5.94. The molecule has 0 saturated carbocycles. The number of nitrogens with one attached hydrogen (secondary N) is 2. The number of thiocarbonyl (C=S) groups is 1. The van der Waals surface area contributed by atoms with Crippen molar-refractivity contribution in [3.05, 3.63) is 64.6 Å². The van der Waals surface area contributed by atoms with E-state index >= 15 is 0 Å². The van der Waals surface area contributed by atoms with E-state index < -0.39 is 0 Å². The minimum absolute atomic E-state index is 0.0831. The summed E-state index contributed by atoms with van der Waals surface area (Å²) in [6.07, 6.45) is 1.93. The average Bonchev–Trinajstić information content (AvgIpc) is 3.17. The Bertz CT molecular complexity index is 1150. The first-order chi connectivity index (χ1) is 17.8. The van der Waals surface area contributed by atoms with Gasteiger partial charge in [0.2, 0.25) is 5.91 Å². The molecular weight excluding hydrogens is 510 g/mol. The maximum atomic E-state index is 12.5. The lowest BCUT2D eigenvalue weighted by atomic mass is 10.2. The molecule has 3 rings (SSSR count). The van der Waals surface area contributed by atoms with Gasteiger partial charge >= 0.3 is 5.97 Å². The first-order valence-corrected chi connectivity index (χ1v) is 13.4. The fourth-order valence-electron chi connectivity index (χ4n) is 3.65. The zero-order chi connectivity index (χ0) is 26.8. The van der Waals surface area contributed by atoms with Crippen LogP contribution < -0.4 is 15.0 Å². The van der Waals surface area contributed by atoms with Crippen LogP contribution in [0.1, 0.15) is 36.2 Å². The molecule has 2 aromatic carbocycles. The fourth-order valence-corrected chi connectivity index (χ4v) is 4.94. The summed E-state index contributed by atoms with van der Waals surface area (Å²) in [7, 11) is 1.60. The monoisotopic (exact) mass is 542 g/mol. The summed E-state index contributed by atoms with van der Waals surface area (Å²) >= 11 is 6.53. The first kappa shape index (κ1) is 28.4. The van der Waals surface area contributed by atoms with Crippen LogP contribution in [0.2, 0.25) is 0 Å². The van der Waals surface area contributed by atoms with Crippen molar-refractivity contribution in [3.63, 3.8) is 0 Å². The third-order valence-corrected chi connectivity index (χ3v) is 7.44. The quantitative estimate of drug-likeness (QED) is 0.241. The van der Waals surface area contributed by atoms with Crippen molar-refractivity contribution >= 4 is 57.8 Å². The Labute approximate surface area is 227 Å². The number of nitrogens with zero attached hydrogens (tertiary/aromatic N) is 1. The lowest BCUT2D eigenvalue weighted by Gasteiger charge is -2.15. The second-order valence-corrected chi connectivity index (χ2v) is 9.70. The summed E-state index contributed by atoms with van der Waals surface area (Å²) in [6, 6.07) is 14.0. The summed E-state index contributed by atoms with van der Waals surface area (Å²) in [4.78, 5) is 41.1. The zero-order valence-corrected chi connectivity index (χ0v) is 22.9. The Kier molecular flexibility index (Phi) is 10.7. The second kappa shape index (κ2) is 13.9. The van der Waals surface area contributed by atoms with E-state index in [2.05, 4.69) is 19.2 Å². The minimum atomic E-state index is -0.388. The van der Waals surface area contributed by atoms with Gasteiger partial charge in [-0.3, -0.25) is 14.5 Å². The van der Waals surface area contributed by atoms with Crippen LogP contribution in [-0.4, -0.2) is 66.9 Å². The Morgan fingerprint density at radius 3 is 2.38 bits per heavy atom. The Morgan fingerprint density at radius 1 is 1.08 bits per heavy atom. The third kappa shape index (κ3) is 8.14. The molecule has 0 aliphatic carbocycles. The second-order valence-electron chi connectivity index (χ2n) is 8.33. The van der Waals surface area contributed by atoms with Crippen LogP contribution in [0.4, 0.5) is 10.5 Å². The van der Waals surface area contributed by atoms with Gasteiger partial charge in [0, 0.05) is 18.7 Å². The number of thioether (sulfide) groups is 1. The molecule has 2 amide bonds. The summed E-state index contributed by atoms with van der Waals surface area (Å²) in [5.41, 5.74) is 1.88. The number of esters is 1. The number of anilines is 1. The van der Waals surface area contributed by atoms with Crippen LogP contribution in [0.3, 0.4) is 0 Å². The molecule has 1 aliphatic rings. The van der Waals surface area contributed by atoms with E-state index in [0.717, 1.165) is 42.7 Å². The first-order valence-electron chi connectivity index (χ1n) is 12.1. The van der Waals surface area contributed by atoms with Crippen LogP contribution in [0.25, 0.3) is 6.08 Å². The number of rotatable bonds is 12. The molecule has 0 radical (unpaired) electrons. The van der Waals surface area contributed by atoms with Crippen LogP contribution in [-0.2, 0) is 9.53 Å². The Hall–Kier alpha value is -3.21. The highest BCUT2D eigenvalue weighted by atomic mass is 32.2. The molecule has 1 aliphatic heterocycles. The van der Waals surface area contributed by atoms with E-state index in [-0.39, 0.29) is 30.1 Å². The van der Waals surface area contributed by atoms with Crippen LogP contribution in [0.5, 0.6) is 5.75 Å². The molecule has 0 unspecified atom stereocenters. The summed E-state index contributed by atoms with van der Waals surface area (Å²) in [5.74, 6) is 0.0981. The van der Waals surface area contributed by atoms with Gasteiger partial charge in [0.15, 0.2) is 0 Å². The van der Waals surface area contributed by atoms with Crippen molar-refractivity contribution in [2.45, 2.75) is 20.3 Å². The molecule has 196 valence electrons. The minimum Gasteiger partial charge on any atom is -0.497 e. The Morgan fingerprint density at radius 2 is 1.76 bits per heavy atom. The van der Waals surface area contributed by atoms with E-state index in [1.165, 1.54) is 9.80 Å². The molecule has 2 N–H and O–H groups in total. The predicted octanol–water partition coefficient (Wildman–Crippen LogP) is 3.64. The van der Waals surface area contributed by atoms with E-state index in [9.17, 15) is 14.4 Å². The van der Waals surface area contributed by atoms with Gasteiger partial charge in [-0.05, 0) is 73.6 Å². The number of methoxy groups -OCH3 is 1. The molecule has 10 heteroatoms.